The molecule has 0 radical (unpaired) electrons. The molecule has 0 heterocycles. The maximum atomic E-state index is 12.3. The topological polar surface area (TPSA) is 74.2 Å². The molecule has 2 aromatic carbocycles. The molecular weight excluding hydrogens is 338 g/mol. The summed E-state index contributed by atoms with van der Waals surface area (Å²) in [5, 5.41) is 15.0. The van der Waals surface area contributed by atoms with Crippen molar-refractivity contribution < 1.29 is 9.53 Å². The van der Waals surface area contributed by atoms with Crippen molar-refractivity contribution in [3.05, 3.63) is 65.9 Å². The van der Waals surface area contributed by atoms with E-state index in [4.69, 9.17) is 4.74 Å². The van der Waals surface area contributed by atoms with E-state index >= 15 is 0 Å². The summed E-state index contributed by atoms with van der Waals surface area (Å²) in [6, 6.07) is 16.9. The van der Waals surface area contributed by atoms with E-state index in [9.17, 15) is 10.1 Å². The summed E-state index contributed by atoms with van der Waals surface area (Å²) >= 11 is 0. The summed E-state index contributed by atoms with van der Waals surface area (Å²) in [5.41, 5.74) is 2.67. The molecule has 0 unspecified atom stereocenters. The molecule has 5 nitrogen and oxygen atoms in total. The van der Waals surface area contributed by atoms with Crippen molar-refractivity contribution in [2.45, 2.75) is 33.1 Å². The molecule has 0 saturated carbocycles. The number of carbonyl (C=O) groups excluding carboxylic acids is 1. The van der Waals surface area contributed by atoms with Crippen LogP contribution < -0.4 is 15.4 Å². The Kier molecular flexibility index (Phi) is 7.92. The first-order valence-corrected chi connectivity index (χ1v) is 9.16. The minimum Gasteiger partial charge on any atom is -0.494 e. The third-order valence-corrected chi connectivity index (χ3v) is 3.94. The van der Waals surface area contributed by atoms with Crippen molar-refractivity contribution in [1.29, 1.82) is 5.26 Å². The van der Waals surface area contributed by atoms with Crippen LogP contribution in [0.15, 0.2) is 60.3 Å². The highest BCUT2D eigenvalue weighted by molar-refractivity contribution is 6.06. The molecular formula is C22H25N3O2. The van der Waals surface area contributed by atoms with Gasteiger partial charge in [0.15, 0.2) is 0 Å². The van der Waals surface area contributed by atoms with Crippen LogP contribution in [0.25, 0.3) is 0 Å². The molecule has 0 spiro atoms. The van der Waals surface area contributed by atoms with Crippen LogP contribution in [-0.2, 0) is 11.2 Å². The Hall–Kier alpha value is -3.26. The first-order valence-electron chi connectivity index (χ1n) is 9.16. The van der Waals surface area contributed by atoms with E-state index in [0.29, 0.717) is 12.3 Å². The number of nitriles is 1. The third kappa shape index (κ3) is 6.52. The summed E-state index contributed by atoms with van der Waals surface area (Å²) in [5.74, 6) is 0.324. The van der Waals surface area contributed by atoms with Crippen LogP contribution in [0.1, 0.15) is 32.3 Å². The lowest BCUT2D eigenvalue weighted by Gasteiger charge is -2.07. The van der Waals surface area contributed by atoms with Gasteiger partial charge in [0.2, 0.25) is 0 Å². The number of unbranched alkanes of at least 4 members (excludes halogenated alkanes) is 1. The van der Waals surface area contributed by atoms with Gasteiger partial charge in [-0.3, -0.25) is 4.79 Å². The Labute approximate surface area is 160 Å². The zero-order valence-electron chi connectivity index (χ0n) is 15.8. The van der Waals surface area contributed by atoms with Gasteiger partial charge in [-0.05, 0) is 61.7 Å². The lowest BCUT2D eigenvalue weighted by Crippen LogP contribution is -2.14. The average Bonchev–Trinajstić information content (AvgIpc) is 2.69. The smallest absolute Gasteiger partial charge is 0.267 e. The van der Waals surface area contributed by atoms with Gasteiger partial charge in [0.1, 0.15) is 17.4 Å². The summed E-state index contributed by atoms with van der Waals surface area (Å²) in [4.78, 5) is 12.3. The number of hydrogen-bond acceptors (Lipinski definition) is 4. The Morgan fingerprint density at radius 3 is 2.33 bits per heavy atom. The molecule has 27 heavy (non-hydrogen) atoms. The van der Waals surface area contributed by atoms with Crippen molar-refractivity contribution >= 4 is 17.3 Å². The number of carbonyl (C=O) groups is 1. The van der Waals surface area contributed by atoms with Gasteiger partial charge in [-0.1, -0.05) is 25.5 Å². The van der Waals surface area contributed by atoms with Gasteiger partial charge >= 0.3 is 0 Å². The fourth-order valence-electron chi connectivity index (χ4n) is 2.45. The lowest BCUT2D eigenvalue weighted by atomic mass is 10.1. The number of ether oxygens (including phenoxy) is 1. The highest BCUT2D eigenvalue weighted by Gasteiger charge is 2.09. The normalized spacial score (nSPS) is 10.8. The number of nitrogens with one attached hydrogen (secondary N) is 2. The van der Waals surface area contributed by atoms with E-state index in [0.717, 1.165) is 30.7 Å². The molecule has 0 fully saturated rings. The number of aryl methyl sites for hydroxylation is 1. The zero-order valence-corrected chi connectivity index (χ0v) is 15.8. The molecule has 0 aliphatic rings. The van der Waals surface area contributed by atoms with Gasteiger partial charge < -0.3 is 15.4 Å². The molecule has 0 aromatic heterocycles. The molecule has 2 rings (SSSR count). The standard InChI is InChI=1S/C22H25N3O2/c1-3-5-6-17-7-9-20(10-8-17)25-22(26)18(15-23)16-24-19-11-13-21(14-12-19)27-4-2/h7-14,16,24H,3-6H2,1-2H3,(H,25,26)/b18-16-. The maximum Gasteiger partial charge on any atom is 0.267 e. The van der Waals surface area contributed by atoms with Gasteiger partial charge in [-0.25, -0.2) is 0 Å². The molecule has 2 N–H and O–H groups in total. The number of hydrogen-bond donors (Lipinski definition) is 2. The van der Waals surface area contributed by atoms with E-state index in [2.05, 4.69) is 17.6 Å². The molecule has 5 heteroatoms. The van der Waals surface area contributed by atoms with E-state index in [1.807, 2.05) is 61.5 Å². The Morgan fingerprint density at radius 1 is 1.07 bits per heavy atom. The SMILES string of the molecule is CCCCc1ccc(NC(=O)/C(C#N)=C\Nc2ccc(OCC)cc2)cc1. The molecule has 2 aromatic rings. The minimum absolute atomic E-state index is 0.000978. The molecule has 0 saturated heterocycles. The Bertz CT molecular complexity index is 803. The highest BCUT2D eigenvalue weighted by Crippen LogP contribution is 2.16. The molecule has 0 aliphatic heterocycles. The Morgan fingerprint density at radius 2 is 1.74 bits per heavy atom. The van der Waals surface area contributed by atoms with Crippen LogP contribution >= 0.6 is 0 Å². The van der Waals surface area contributed by atoms with E-state index < -0.39 is 5.91 Å². The monoisotopic (exact) mass is 363 g/mol. The highest BCUT2D eigenvalue weighted by atomic mass is 16.5. The Balaban J connectivity index is 1.96. The van der Waals surface area contributed by atoms with E-state index in [-0.39, 0.29) is 5.57 Å². The number of nitrogens with zero attached hydrogens (tertiary/aromatic N) is 1. The van der Waals surface area contributed by atoms with Gasteiger partial charge in [0.05, 0.1) is 6.61 Å². The number of anilines is 2. The second kappa shape index (κ2) is 10.7. The van der Waals surface area contributed by atoms with E-state index in [1.165, 1.54) is 11.8 Å². The van der Waals surface area contributed by atoms with Crippen molar-refractivity contribution in [2.24, 2.45) is 0 Å². The maximum absolute atomic E-state index is 12.3. The number of amides is 1. The molecule has 0 bridgehead atoms. The van der Waals surface area contributed by atoms with Crippen LogP contribution in [0.3, 0.4) is 0 Å². The van der Waals surface area contributed by atoms with Crippen LogP contribution in [0.5, 0.6) is 5.75 Å². The van der Waals surface area contributed by atoms with Crippen molar-refractivity contribution in [3.63, 3.8) is 0 Å². The fraction of sp³-hybridized carbons (Fsp3) is 0.273. The average molecular weight is 363 g/mol. The first kappa shape index (κ1) is 20.1. The summed E-state index contributed by atoms with van der Waals surface area (Å²) in [6.45, 7) is 4.68. The number of benzene rings is 2. The van der Waals surface area contributed by atoms with Crippen LogP contribution in [0.4, 0.5) is 11.4 Å². The van der Waals surface area contributed by atoms with Crippen molar-refractivity contribution in [1.82, 2.24) is 0 Å². The summed E-state index contributed by atoms with van der Waals surface area (Å²) < 4.78 is 5.38. The quantitative estimate of drug-likeness (QED) is 0.491. The van der Waals surface area contributed by atoms with Crippen molar-refractivity contribution in [3.8, 4) is 11.8 Å². The van der Waals surface area contributed by atoms with Gasteiger partial charge in [0, 0.05) is 17.6 Å². The van der Waals surface area contributed by atoms with Gasteiger partial charge in [0.25, 0.3) is 5.91 Å². The van der Waals surface area contributed by atoms with Gasteiger partial charge in [-0.2, -0.15) is 5.26 Å². The molecule has 140 valence electrons. The largest absolute Gasteiger partial charge is 0.494 e. The lowest BCUT2D eigenvalue weighted by molar-refractivity contribution is -0.112. The fourth-order valence-corrected chi connectivity index (χ4v) is 2.45. The predicted molar refractivity (Wildman–Crippen MR) is 109 cm³/mol. The molecule has 0 atom stereocenters. The summed E-state index contributed by atoms with van der Waals surface area (Å²) in [7, 11) is 0. The second-order valence-corrected chi connectivity index (χ2v) is 6.03. The van der Waals surface area contributed by atoms with Crippen LogP contribution in [0.2, 0.25) is 0 Å². The van der Waals surface area contributed by atoms with Crippen LogP contribution in [0, 0.1) is 11.3 Å². The predicted octanol–water partition coefficient (Wildman–Crippen LogP) is 4.89. The molecule has 1 amide bonds. The van der Waals surface area contributed by atoms with Gasteiger partial charge in [-0.15, -0.1) is 0 Å². The number of rotatable bonds is 9. The minimum atomic E-state index is -0.447. The summed E-state index contributed by atoms with van der Waals surface area (Å²) in [6.07, 6.45) is 4.72. The molecule has 0 aliphatic carbocycles. The van der Waals surface area contributed by atoms with Crippen molar-refractivity contribution in [2.75, 3.05) is 17.2 Å². The zero-order chi connectivity index (χ0) is 19.5. The first-order chi connectivity index (χ1) is 13.2. The second-order valence-electron chi connectivity index (χ2n) is 6.03. The van der Waals surface area contributed by atoms with E-state index in [1.54, 1.807) is 0 Å². The third-order valence-electron chi connectivity index (χ3n) is 3.94. The van der Waals surface area contributed by atoms with Crippen LogP contribution in [-0.4, -0.2) is 12.5 Å².